The van der Waals surface area contributed by atoms with Crippen LogP contribution in [0.5, 0.6) is 0 Å². The Morgan fingerprint density at radius 3 is 1.75 bits per heavy atom. The predicted molar refractivity (Wildman–Crippen MR) is 101 cm³/mol. The summed E-state index contributed by atoms with van der Waals surface area (Å²) in [6, 6.07) is 16.1. The normalized spacial score (nSPS) is 10.3. The Hall–Kier alpha value is -3.80. The van der Waals surface area contributed by atoms with Gasteiger partial charge in [0.25, 0.3) is 0 Å². The van der Waals surface area contributed by atoms with Crippen molar-refractivity contribution in [3.05, 3.63) is 95.6 Å². The Morgan fingerprint density at radius 1 is 0.607 bits per heavy atom. The monoisotopic (exact) mass is 372 g/mol. The van der Waals surface area contributed by atoms with Crippen molar-refractivity contribution in [3.8, 4) is 0 Å². The standard InChI is InChI=1S/C22H16N2O4/c25-19(15-6-2-1-3-7-15)12-21(27)17-9-4-10-18(24-17)22(28)13-20(26)16-8-5-11-23-14-16/h1-11,14H,12-13H2. The molecular weight excluding hydrogens is 356 g/mol. The molecule has 28 heavy (non-hydrogen) atoms. The minimum absolute atomic E-state index is 0.00949. The van der Waals surface area contributed by atoms with E-state index in [2.05, 4.69) is 9.97 Å². The number of rotatable bonds is 8. The molecule has 3 aromatic rings. The highest BCUT2D eigenvalue weighted by molar-refractivity contribution is 6.14. The van der Waals surface area contributed by atoms with Crippen LogP contribution in [0.25, 0.3) is 0 Å². The average molecular weight is 372 g/mol. The lowest BCUT2D eigenvalue weighted by Gasteiger charge is -2.04. The fraction of sp³-hybridized carbons (Fsp3) is 0.0909. The fourth-order valence-corrected chi connectivity index (χ4v) is 2.57. The molecule has 6 nitrogen and oxygen atoms in total. The molecule has 138 valence electrons. The van der Waals surface area contributed by atoms with Crippen LogP contribution < -0.4 is 0 Å². The van der Waals surface area contributed by atoms with Crippen molar-refractivity contribution in [2.75, 3.05) is 0 Å². The van der Waals surface area contributed by atoms with Crippen LogP contribution in [0.2, 0.25) is 0 Å². The van der Waals surface area contributed by atoms with Crippen LogP contribution in [-0.4, -0.2) is 33.1 Å². The van der Waals surface area contributed by atoms with Crippen LogP contribution in [0.1, 0.15) is 54.5 Å². The Bertz CT molecular complexity index is 950. The third kappa shape index (κ3) is 4.67. The van der Waals surface area contributed by atoms with E-state index >= 15 is 0 Å². The molecule has 0 N–H and O–H groups in total. The third-order valence-electron chi connectivity index (χ3n) is 4.04. The maximum Gasteiger partial charge on any atom is 0.188 e. The van der Waals surface area contributed by atoms with Crippen molar-refractivity contribution in [1.82, 2.24) is 9.97 Å². The van der Waals surface area contributed by atoms with Gasteiger partial charge in [0.1, 0.15) is 11.4 Å². The smallest absolute Gasteiger partial charge is 0.188 e. The van der Waals surface area contributed by atoms with E-state index in [-0.39, 0.29) is 35.8 Å². The number of aromatic nitrogens is 2. The molecule has 0 saturated heterocycles. The lowest BCUT2D eigenvalue weighted by atomic mass is 10.0. The van der Waals surface area contributed by atoms with Gasteiger partial charge in [-0.1, -0.05) is 36.4 Å². The van der Waals surface area contributed by atoms with Gasteiger partial charge in [-0.3, -0.25) is 24.2 Å². The highest BCUT2D eigenvalue weighted by atomic mass is 16.2. The molecule has 0 aliphatic carbocycles. The molecule has 0 aliphatic heterocycles. The van der Waals surface area contributed by atoms with Crippen molar-refractivity contribution < 1.29 is 19.2 Å². The molecule has 0 aliphatic rings. The van der Waals surface area contributed by atoms with Crippen molar-refractivity contribution >= 4 is 23.1 Å². The molecule has 2 heterocycles. The number of ketones is 4. The first-order valence-electron chi connectivity index (χ1n) is 8.59. The summed E-state index contributed by atoms with van der Waals surface area (Å²) in [6.07, 6.45) is 2.20. The van der Waals surface area contributed by atoms with E-state index in [1.807, 2.05) is 0 Å². The second-order valence-corrected chi connectivity index (χ2v) is 6.06. The zero-order chi connectivity index (χ0) is 19.9. The molecule has 3 rings (SSSR count). The second-order valence-electron chi connectivity index (χ2n) is 6.06. The van der Waals surface area contributed by atoms with Crippen molar-refractivity contribution in [2.45, 2.75) is 12.8 Å². The molecule has 0 bridgehead atoms. The number of hydrogen-bond donors (Lipinski definition) is 0. The summed E-state index contributed by atoms with van der Waals surface area (Å²) in [5, 5.41) is 0. The summed E-state index contributed by atoms with van der Waals surface area (Å²) in [7, 11) is 0. The number of hydrogen-bond acceptors (Lipinski definition) is 6. The van der Waals surface area contributed by atoms with Crippen LogP contribution in [0, 0.1) is 0 Å². The number of carbonyl (C=O) groups is 4. The molecule has 0 amide bonds. The third-order valence-corrected chi connectivity index (χ3v) is 4.04. The summed E-state index contributed by atoms with van der Waals surface area (Å²) in [5.41, 5.74) is 0.792. The van der Waals surface area contributed by atoms with Crippen LogP contribution in [0.3, 0.4) is 0 Å². The maximum atomic E-state index is 12.4. The Kier molecular flexibility index (Phi) is 5.91. The van der Waals surface area contributed by atoms with Crippen LogP contribution in [0.15, 0.2) is 73.1 Å². The van der Waals surface area contributed by atoms with Gasteiger partial charge in [0.15, 0.2) is 23.1 Å². The Labute approximate surface area is 161 Å². The van der Waals surface area contributed by atoms with Crippen molar-refractivity contribution in [2.24, 2.45) is 0 Å². The Morgan fingerprint density at radius 2 is 1.18 bits per heavy atom. The summed E-state index contributed by atoms with van der Waals surface area (Å²) in [5.74, 6) is -1.69. The minimum Gasteiger partial charge on any atom is -0.294 e. The van der Waals surface area contributed by atoms with Gasteiger partial charge in [-0.2, -0.15) is 0 Å². The molecule has 1 aromatic carbocycles. The summed E-state index contributed by atoms with van der Waals surface area (Å²) < 4.78 is 0. The van der Waals surface area contributed by atoms with E-state index in [1.54, 1.807) is 42.5 Å². The molecule has 0 saturated carbocycles. The first-order valence-corrected chi connectivity index (χ1v) is 8.59. The predicted octanol–water partition coefficient (Wildman–Crippen LogP) is 3.39. The molecule has 6 heteroatoms. The molecule has 0 spiro atoms. The van der Waals surface area contributed by atoms with Gasteiger partial charge in [-0.25, -0.2) is 4.98 Å². The number of Topliss-reactive ketones (excluding diaryl/α,β-unsaturated/α-hetero) is 4. The van der Waals surface area contributed by atoms with E-state index in [0.717, 1.165) is 0 Å². The van der Waals surface area contributed by atoms with Crippen molar-refractivity contribution in [1.29, 1.82) is 0 Å². The lowest BCUT2D eigenvalue weighted by molar-refractivity contribution is 0.0882. The maximum absolute atomic E-state index is 12.4. The molecule has 0 radical (unpaired) electrons. The van der Waals surface area contributed by atoms with E-state index in [4.69, 9.17) is 0 Å². The summed E-state index contributed by atoms with van der Waals surface area (Å²) in [4.78, 5) is 57.0. The van der Waals surface area contributed by atoms with E-state index in [9.17, 15) is 19.2 Å². The van der Waals surface area contributed by atoms with Crippen molar-refractivity contribution in [3.63, 3.8) is 0 Å². The van der Waals surface area contributed by atoms with Gasteiger partial charge >= 0.3 is 0 Å². The van der Waals surface area contributed by atoms with Gasteiger partial charge in [-0.05, 0) is 24.3 Å². The lowest BCUT2D eigenvalue weighted by Crippen LogP contribution is -2.14. The van der Waals surface area contributed by atoms with E-state index in [0.29, 0.717) is 11.1 Å². The van der Waals surface area contributed by atoms with Gasteiger partial charge < -0.3 is 0 Å². The average Bonchev–Trinajstić information content (AvgIpc) is 2.75. The number of nitrogens with zero attached hydrogens (tertiary/aromatic N) is 2. The van der Waals surface area contributed by atoms with E-state index in [1.165, 1.54) is 30.6 Å². The highest BCUT2D eigenvalue weighted by Crippen LogP contribution is 2.11. The second kappa shape index (κ2) is 8.73. The Balaban J connectivity index is 1.69. The highest BCUT2D eigenvalue weighted by Gasteiger charge is 2.18. The molecule has 0 atom stereocenters. The van der Waals surface area contributed by atoms with Gasteiger partial charge in [0, 0.05) is 23.5 Å². The number of benzene rings is 1. The molecule has 0 unspecified atom stereocenters. The zero-order valence-corrected chi connectivity index (χ0v) is 14.9. The topological polar surface area (TPSA) is 94.1 Å². The van der Waals surface area contributed by atoms with Crippen LogP contribution in [-0.2, 0) is 0 Å². The van der Waals surface area contributed by atoms with Crippen LogP contribution in [0.4, 0.5) is 0 Å². The van der Waals surface area contributed by atoms with Gasteiger partial charge in [0.2, 0.25) is 0 Å². The van der Waals surface area contributed by atoms with E-state index < -0.39 is 11.6 Å². The quantitative estimate of drug-likeness (QED) is 0.444. The van der Waals surface area contributed by atoms with Gasteiger partial charge in [0.05, 0.1) is 12.8 Å². The first-order chi connectivity index (χ1) is 13.5. The zero-order valence-electron chi connectivity index (χ0n) is 14.9. The number of carbonyl (C=O) groups excluding carboxylic acids is 4. The first kappa shape index (κ1) is 19.0. The number of pyridine rings is 2. The SMILES string of the molecule is O=C(CC(=O)c1cccc(C(=O)CC(=O)c2cccnc2)n1)c1ccccc1. The minimum atomic E-state index is -0.502. The fourth-order valence-electron chi connectivity index (χ4n) is 2.57. The molecule has 0 fully saturated rings. The van der Waals surface area contributed by atoms with Gasteiger partial charge in [-0.15, -0.1) is 0 Å². The largest absolute Gasteiger partial charge is 0.294 e. The molecule has 2 aromatic heterocycles. The summed E-state index contributed by atoms with van der Waals surface area (Å²) >= 11 is 0. The van der Waals surface area contributed by atoms with Crippen LogP contribution >= 0.6 is 0 Å². The molecular formula is C22H16N2O4. The summed E-state index contributed by atoms with van der Waals surface area (Å²) in [6.45, 7) is 0.